The molecule has 0 aromatic heterocycles. The summed E-state index contributed by atoms with van der Waals surface area (Å²) in [6.45, 7) is 9.01. The topological polar surface area (TPSA) is 32.3 Å². The third-order valence-electron chi connectivity index (χ3n) is 3.93. The summed E-state index contributed by atoms with van der Waals surface area (Å²) < 4.78 is 0. The predicted octanol–water partition coefficient (Wildman–Crippen LogP) is 2.06. The van der Waals surface area contributed by atoms with Gasteiger partial charge in [-0.15, -0.1) is 0 Å². The summed E-state index contributed by atoms with van der Waals surface area (Å²) in [6.07, 6.45) is 1.47. The Labute approximate surface area is 116 Å². The van der Waals surface area contributed by atoms with Crippen molar-refractivity contribution >= 4 is 5.91 Å². The van der Waals surface area contributed by atoms with Gasteiger partial charge in [-0.25, -0.2) is 0 Å². The Morgan fingerprint density at radius 2 is 2.21 bits per heavy atom. The molecular formula is C16H24N2O. The fourth-order valence-electron chi connectivity index (χ4n) is 2.72. The zero-order valence-electron chi connectivity index (χ0n) is 12.2. The summed E-state index contributed by atoms with van der Waals surface area (Å²) in [4.78, 5) is 14.3. The van der Waals surface area contributed by atoms with E-state index >= 15 is 0 Å². The molecule has 104 valence electrons. The highest BCUT2D eigenvalue weighted by Crippen LogP contribution is 2.14. The summed E-state index contributed by atoms with van der Waals surface area (Å²) >= 11 is 0. The Morgan fingerprint density at radius 1 is 1.42 bits per heavy atom. The molecule has 0 spiro atoms. The van der Waals surface area contributed by atoms with Crippen molar-refractivity contribution in [3.05, 3.63) is 34.9 Å². The van der Waals surface area contributed by atoms with Gasteiger partial charge >= 0.3 is 0 Å². The van der Waals surface area contributed by atoms with E-state index in [2.05, 4.69) is 44.3 Å². The second-order valence-corrected chi connectivity index (χ2v) is 5.57. The first-order chi connectivity index (χ1) is 9.08. The zero-order valence-corrected chi connectivity index (χ0v) is 12.2. The summed E-state index contributed by atoms with van der Waals surface area (Å²) in [5, 5.41) is 3.31. The van der Waals surface area contributed by atoms with Gasteiger partial charge in [0.15, 0.2) is 0 Å². The number of amides is 1. The lowest BCUT2D eigenvalue weighted by Crippen LogP contribution is -2.52. The Morgan fingerprint density at radius 3 is 2.89 bits per heavy atom. The highest BCUT2D eigenvalue weighted by molar-refractivity contribution is 5.77. The van der Waals surface area contributed by atoms with Crippen LogP contribution in [0.5, 0.6) is 0 Å². The smallest absolute Gasteiger partial charge is 0.223 e. The minimum absolute atomic E-state index is 0.286. The van der Waals surface area contributed by atoms with Crippen molar-refractivity contribution in [2.24, 2.45) is 0 Å². The first kappa shape index (κ1) is 14.1. The third-order valence-corrected chi connectivity index (χ3v) is 3.93. The van der Waals surface area contributed by atoms with Gasteiger partial charge in [0, 0.05) is 32.1 Å². The molecule has 3 heteroatoms. The van der Waals surface area contributed by atoms with Crippen LogP contribution >= 0.6 is 0 Å². The quantitative estimate of drug-likeness (QED) is 0.902. The van der Waals surface area contributed by atoms with Crippen LogP contribution < -0.4 is 5.32 Å². The lowest BCUT2D eigenvalue weighted by molar-refractivity contribution is -0.133. The molecule has 1 fully saturated rings. The van der Waals surface area contributed by atoms with Crippen molar-refractivity contribution in [2.75, 3.05) is 19.6 Å². The average molecular weight is 260 g/mol. The highest BCUT2D eigenvalue weighted by atomic mass is 16.2. The third kappa shape index (κ3) is 3.57. The van der Waals surface area contributed by atoms with Gasteiger partial charge in [-0.1, -0.05) is 23.8 Å². The highest BCUT2D eigenvalue weighted by Gasteiger charge is 2.22. The molecule has 1 N–H and O–H groups in total. The molecule has 0 aliphatic carbocycles. The fraction of sp³-hybridized carbons (Fsp3) is 0.562. The molecule has 2 rings (SSSR count). The van der Waals surface area contributed by atoms with Gasteiger partial charge < -0.3 is 10.2 Å². The summed E-state index contributed by atoms with van der Waals surface area (Å²) in [5.41, 5.74) is 3.87. The van der Waals surface area contributed by atoms with Gasteiger partial charge in [0.2, 0.25) is 5.91 Å². The molecule has 1 saturated heterocycles. The maximum absolute atomic E-state index is 12.3. The maximum atomic E-state index is 12.3. The molecule has 1 amide bonds. The van der Waals surface area contributed by atoms with Crippen LogP contribution in [0.25, 0.3) is 0 Å². The number of carbonyl (C=O) groups excluding carboxylic acids is 1. The largest absolute Gasteiger partial charge is 0.337 e. The number of carbonyl (C=O) groups is 1. The second-order valence-electron chi connectivity index (χ2n) is 5.57. The number of benzene rings is 1. The monoisotopic (exact) mass is 260 g/mol. The van der Waals surface area contributed by atoms with Crippen LogP contribution in [0.2, 0.25) is 0 Å². The van der Waals surface area contributed by atoms with Crippen LogP contribution in [0, 0.1) is 13.8 Å². The molecule has 1 unspecified atom stereocenters. The van der Waals surface area contributed by atoms with Crippen molar-refractivity contribution in [2.45, 2.75) is 39.7 Å². The minimum Gasteiger partial charge on any atom is -0.337 e. The van der Waals surface area contributed by atoms with Crippen molar-refractivity contribution in [1.82, 2.24) is 10.2 Å². The normalized spacial score (nSPS) is 19.5. The molecule has 0 bridgehead atoms. The number of hydrogen-bond acceptors (Lipinski definition) is 2. The van der Waals surface area contributed by atoms with E-state index in [1.807, 2.05) is 4.90 Å². The Bertz CT molecular complexity index is 456. The molecule has 1 aromatic carbocycles. The van der Waals surface area contributed by atoms with Gasteiger partial charge in [0.25, 0.3) is 0 Å². The minimum atomic E-state index is 0.286. The van der Waals surface area contributed by atoms with Crippen LogP contribution in [-0.2, 0) is 11.2 Å². The number of rotatable bonds is 3. The van der Waals surface area contributed by atoms with E-state index in [9.17, 15) is 4.79 Å². The summed E-state index contributed by atoms with van der Waals surface area (Å²) in [5.74, 6) is 0.286. The molecule has 3 nitrogen and oxygen atoms in total. The fourth-order valence-corrected chi connectivity index (χ4v) is 2.72. The van der Waals surface area contributed by atoms with Crippen LogP contribution in [-0.4, -0.2) is 36.5 Å². The first-order valence-electron chi connectivity index (χ1n) is 7.14. The van der Waals surface area contributed by atoms with Gasteiger partial charge in [0.1, 0.15) is 0 Å². The van der Waals surface area contributed by atoms with Crippen LogP contribution in [0.4, 0.5) is 0 Å². The second kappa shape index (κ2) is 6.20. The molecule has 0 saturated carbocycles. The molecular weight excluding hydrogens is 236 g/mol. The van der Waals surface area contributed by atoms with Crippen LogP contribution in [0.3, 0.4) is 0 Å². The zero-order chi connectivity index (χ0) is 13.8. The average Bonchev–Trinajstić information content (AvgIpc) is 2.38. The number of piperazine rings is 1. The molecule has 1 atom stereocenters. The van der Waals surface area contributed by atoms with E-state index in [0.29, 0.717) is 12.5 Å². The lowest BCUT2D eigenvalue weighted by atomic mass is 10.0. The summed E-state index contributed by atoms with van der Waals surface area (Å²) in [7, 11) is 0. The Hall–Kier alpha value is -1.35. The Kier molecular flexibility index (Phi) is 4.59. The number of hydrogen-bond donors (Lipinski definition) is 1. The van der Waals surface area contributed by atoms with E-state index in [0.717, 1.165) is 26.1 Å². The number of nitrogens with zero attached hydrogens (tertiary/aromatic N) is 1. The predicted molar refractivity (Wildman–Crippen MR) is 78.3 cm³/mol. The van der Waals surface area contributed by atoms with Crippen molar-refractivity contribution in [3.8, 4) is 0 Å². The molecule has 1 heterocycles. The van der Waals surface area contributed by atoms with Crippen LogP contribution in [0.15, 0.2) is 18.2 Å². The summed E-state index contributed by atoms with van der Waals surface area (Å²) in [6, 6.07) is 6.78. The molecule has 1 aliphatic rings. The molecule has 1 aromatic rings. The standard InChI is InChI=1S/C16H24N2O/c1-12-4-5-15(13(2)10-12)6-7-16(19)18-9-8-17-11-14(18)3/h4-5,10,14,17H,6-9,11H2,1-3H3. The molecule has 19 heavy (non-hydrogen) atoms. The van der Waals surface area contributed by atoms with E-state index < -0.39 is 0 Å². The first-order valence-corrected chi connectivity index (χ1v) is 7.14. The van der Waals surface area contributed by atoms with Gasteiger partial charge in [-0.05, 0) is 38.3 Å². The van der Waals surface area contributed by atoms with E-state index in [1.54, 1.807) is 0 Å². The number of aryl methyl sites for hydroxylation is 3. The molecule has 0 radical (unpaired) electrons. The Balaban J connectivity index is 1.92. The number of nitrogens with one attached hydrogen (secondary N) is 1. The lowest BCUT2D eigenvalue weighted by Gasteiger charge is -2.34. The van der Waals surface area contributed by atoms with E-state index in [1.165, 1.54) is 16.7 Å². The van der Waals surface area contributed by atoms with Gasteiger partial charge in [-0.3, -0.25) is 4.79 Å². The van der Waals surface area contributed by atoms with E-state index in [4.69, 9.17) is 0 Å². The van der Waals surface area contributed by atoms with Gasteiger partial charge in [0.05, 0.1) is 0 Å². The van der Waals surface area contributed by atoms with Crippen molar-refractivity contribution < 1.29 is 4.79 Å². The van der Waals surface area contributed by atoms with E-state index in [-0.39, 0.29) is 5.91 Å². The van der Waals surface area contributed by atoms with Crippen molar-refractivity contribution in [3.63, 3.8) is 0 Å². The SMILES string of the molecule is Cc1ccc(CCC(=O)N2CCNCC2C)c(C)c1. The van der Waals surface area contributed by atoms with Crippen molar-refractivity contribution in [1.29, 1.82) is 0 Å². The van der Waals surface area contributed by atoms with Gasteiger partial charge in [-0.2, -0.15) is 0 Å². The van der Waals surface area contributed by atoms with Crippen LogP contribution in [0.1, 0.15) is 30.0 Å². The maximum Gasteiger partial charge on any atom is 0.223 e. The molecule has 1 aliphatic heterocycles.